The molecule has 18 heavy (non-hydrogen) atoms. The summed E-state index contributed by atoms with van der Waals surface area (Å²) in [6.07, 6.45) is 3.22. The van der Waals surface area contributed by atoms with E-state index in [2.05, 4.69) is 15.2 Å². The molecule has 0 fully saturated rings. The first-order valence-corrected chi connectivity index (χ1v) is 5.54. The van der Waals surface area contributed by atoms with Gasteiger partial charge in [0.1, 0.15) is 0 Å². The van der Waals surface area contributed by atoms with E-state index in [0.717, 1.165) is 11.3 Å². The SMILES string of the molecule is COC(=O)c1occc1CNCc1ccnn1C. The summed E-state index contributed by atoms with van der Waals surface area (Å²) in [7, 11) is 3.21. The molecule has 1 N–H and O–H groups in total. The predicted octanol–water partition coefficient (Wildman–Crippen LogP) is 1.09. The summed E-state index contributed by atoms with van der Waals surface area (Å²) in [5, 5.41) is 7.30. The van der Waals surface area contributed by atoms with Gasteiger partial charge in [-0.3, -0.25) is 4.68 Å². The number of furan rings is 1. The van der Waals surface area contributed by atoms with E-state index in [9.17, 15) is 4.79 Å². The van der Waals surface area contributed by atoms with Crippen LogP contribution in [0, 0.1) is 0 Å². The second-order valence-corrected chi connectivity index (χ2v) is 3.82. The summed E-state index contributed by atoms with van der Waals surface area (Å²) >= 11 is 0. The fourth-order valence-corrected chi connectivity index (χ4v) is 1.65. The molecule has 0 atom stereocenters. The highest BCUT2D eigenvalue weighted by Gasteiger charge is 2.15. The van der Waals surface area contributed by atoms with E-state index >= 15 is 0 Å². The molecule has 2 aromatic heterocycles. The van der Waals surface area contributed by atoms with Gasteiger partial charge in [-0.25, -0.2) is 4.79 Å². The molecule has 0 spiro atoms. The molecule has 0 aliphatic heterocycles. The van der Waals surface area contributed by atoms with Crippen molar-refractivity contribution in [3.63, 3.8) is 0 Å². The van der Waals surface area contributed by atoms with Gasteiger partial charge >= 0.3 is 5.97 Å². The van der Waals surface area contributed by atoms with Crippen LogP contribution in [-0.4, -0.2) is 22.9 Å². The lowest BCUT2D eigenvalue weighted by atomic mass is 10.2. The van der Waals surface area contributed by atoms with Gasteiger partial charge in [-0.2, -0.15) is 5.10 Å². The Morgan fingerprint density at radius 1 is 1.50 bits per heavy atom. The van der Waals surface area contributed by atoms with Crippen LogP contribution in [0.15, 0.2) is 29.0 Å². The first kappa shape index (κ1) is 12.4. The van der Waals surface area contributed by atoms with E-state index in [1.165, 1.54) is 13.4 Å². The molecule has 2 rings (SSSR count). The number of rotatable bonds is 5. The lowest BCUT2D eigenvalue weighted by Gasteiger charge is -2.05. The van der Waals surface area contributed by atoms with E-state index in [1.807, 2.05) is 13.1 Å². The highest BCUT2D eigenvalue weighted by Crippen LogP contribution is 2.11. The second kappa shape index (κ2) is 5.50. The van der Waals surface area contributed by atoms with Crippen LogP contribution in [0.1, 0.15) is 21.8 Å². The zero-order valence-electron chi connectivity index (χ0n) is 10.3. The van der Waals surface area contributed by atoms with Gasteiger partial charge in [-0.1, -0.05) is 0 Å². The number of ether oxygens (including phenoxy) is 1. The fraction of sp³-hybridized carbons (Fsp3) is 0.333. The van der Waals surface area contributed by atoms with Gasteiger partial charge in [0, 0.05) is 31.9 Å². The van der Waals surface area contributed by atoms with Crippen molar-refractivity contribution in [1.82, 2.24) is 15.1 Å². The lowest BCUT2D eigenvalue weighted by Crippen LogP contribution is -2.16. The molecule has 0 saturated heterocycles. The third-order valence-corrected chi connectivity index (χ3v) is 2.66. The first-order valence-electron chi connectivity index (χ1n) is 5.54. The molecular weight excluding hydrogens is 234 g/mol. The van der Waals surface area contributed by atoms with Crippen LogP contribution in [0.3, 0.4) is 0 Å². The minimum Gasteiger partial charge on any atom is -0.463 e. The highest BCUT2D eigenvalue weighted by molar-refractivity contribution is 5.87. The molecule has 0 aromatic carbocycles. The summed E-state index contributed by atoms with van der Waals surface area (Å²) in [4.78, 5) is 11.4. The molecule has 0 unspecified atom stereocenters. The number of carbonyl (C=O) groups is 1. The summed E-state index contributed by atoms with van der Waals surface area (Å²) in [5.41, 5.74) is 1.85. The molecule has 6 heteroatoms. The maximum Gasteiger partial charge on any atom is 0.374 e. The minimum absolute atomic E-state index is 0.245. The Labute approximate surface area is 105 Å². The molecule has 0 aliphatic carbocycles. The van der Waals surface area contributed by atoms with E-state index in [-0.39, 0.29) is 5.76 Å². The predicted molar refractivity (Wildman–Crippen MR) is 63.8 cm³/mol. The number of esters is 1. The third-order valence-electron chi connectivity index (χ3n) is 2.66. The number of aryl methyl sites for hydroxylation is 1. The zero-order valence-corrected chi connectivity index (χ0v) is 10.3. The third kappa shape index (κ3) is 2.60. The van der Waals surface area contributed by atoms with Gasteiger partial charge in [-0.15, -0.1) is 0 Å². The molecular formula is C12H15N3O3. The number of hydrogen-bond donors (Lipinski definition) is 1. The summed E-state index contributed by atoms with van der Waals surface area (Å²) in [5.74, 6) is -0.215. The zero-order chi connectivity index (χ0) is 13.0. The Morgan fingerprint density at radius 2 is 2.33 bits per heavy atom. The quantitative estimate of drug-likeness (QED) is 0.803. The van der Waals surface area contributed by atoms with Crippen molar-refractivity contribution in [2.75, 3.05) is 7.11 Å². The molecule has 0 amide bonds. The number of hydrogen-bond acceptors (Lipinski definition) is 5. The van der Waals surface area contributed by atoms with Crippen molar-refractivity contribution in [2.24, 2.45) is 7.05 Å². The van der Waals surface area contributed by atoms with E-state index in [1.54, 1.807) is 16.9 Å². The van der Waals surface area contributed by atoms with Crippen LogP contribution in [0.5, 0.6) is 0 Å². The van der Waals surface area contributed by atoms with Crippen LogP contribution >= 0.6 is 0 Å². The number of nitrogens with one attached hydrogen (secondary N) is 1. The van der Waals surface area contributed by atoms with Crippen molar-refractivity contribution in [3.8, 4) is 0 Å². The van der Waals surface area contributed by atoms with Crippen LogP contribution in [0.2, 0.25) is 0 Å². The topological polar surface area (TPSA) is 69.3 Å². The number of aromatic nitrogens is 2. The average molecular weight is 249 g/mol. The smallest absolute Gasteiger partial charge is 0.374 e. The van der Waals surface area contributed by atoms with Crippen LogP contribution in [0.4, 0.5) is 0 Å². The summed E-state index contributed by atoms with van der Waals surface area (Å²) in [6.45, 7) is 1.20. The maximum absolute atomic E-state index is 11.4. The van der Waals surface area contributed by atoms with E-state index < -0.39 is 5.97 Å². The highest BCUT2D eigenvalue weighted by atomic mass is 16.5. The first-order chi connectivity index (χ1) is 8.72. The van der Waals surface area contributed by atoms with Gasteiger partial charge in [0.25, 0.3) is 0 Å². The van der Waals surface area contributed by atoms with Crippen LogP contribution in [-0.2, 0) is 24.9 Å². The van der Waals surface area contributed by atoms with Crippen LogP contribution < -0.4 is 5.32 Å². The molecule has 0 radical (unpaired) electrons. The van der Waals surface area contributed by atoms with Gasteiger partial charge < -0.3 is 14.5 Å². The van der Waals surface area contributed by atoms with Gasteiger partial charge in [0.15, 0.2) is 0 Å². The standard InChI is InChI=1S/C12H15N3O3/c1-15-10(3-5-14-15)8-13-7-9-4-6-18-11(9)12(16)17-2/h3-6,13H,7-8H2,1-2H3. The Kier molecular flexibility index (Phi) is 3.78. The van der Waals surface area contributed by atoms with Gasteiger partial charge in [0.05, 0.1) is 19.1 Å². The number of carbonyl (C=O) groups excluding carboxylic acids is 1. The molecule has 6 nitrogen and oxygen atoms in total. The molecule has 0 bridgehead atoms. The van der Waals surface area contributed by atoms with Gasteiger partial charge in [-0.05, 0) is 12.1 Å². The normalized spacial score (nSPS) is 10.6. The Hall–Kier alpha value is -2.08. The van der Waals surface area contributed by atoms with Crippen molar-refractivity contribution >= 4 is 5.97 Å². The maximum atomic E-state index is 11.4. The number of nitrogens with zero attached hydrogens (tertiary/aromatic N) is 2. The number of methoxy groups -OCH3 is 1. The molecule has 0 aliphatic rings. The second-order valence-electron chi connectivity index (χ2n) is 3.82. The van der Waals surface area contributed by atoms with E-state index in [0.29, 0.717) is 13.1 Å². The van der Waals surface area contributed by atoms with Crippen molar-refractivity contribution in [3.05, 3.63) is 41.6 Å². The van der Waals surface area contributed by atoms with Crippen molar-refractivity contribution in [2.45, 2.75) is 13.1 Å². The summed E-state index contributed by atoms with van der Waals surface area (Å²) < 4.78 is 11.5. The molecule has 96 valence electrons. The van der Waals surface area contributed by atoms with Crippen LogP contribution in [0.25, 0.3) is 0 Å². The Balaban J connectivity index is 1.93. The molecule has 2 heterocycles. The minimum atomic E-state index is -0.461. The van der Waals surface area contributed by atoms with Crippen molar-refractivity contribution < 1.29 is 13.9 Å². The molecule has 0 saturated carbocycles. The van der Waals surface area contributed by atoms with E-state index in [4.69, 9.17) is 4.42 Å². The Morgan fingerprint density at radius 3 is 3.00 bits per heavy atom. The average Bonchev–Trinajstić information content (AvgIpc) is 2.98. The largest absolute Gasteiger partial charge is 0.463 e. The summed E-state index contributed by atoms with van der Waals surface area (Å²) in [6, 6.07) is 3.69. The Bertz CT molecular complexity index is 530. The van der Waals surface area contributed by atoms with Gasteiger partial charge in [0.2, 0.25) is 5.76 Å². The fourth-order valence-electron chi connectivity index (χ4n) is 1.65. The van der Waals surface area contributed by atoms with Crippen molar-refractivity contribution in [1.29, 1.82) is 0 Å². The monoisotopic (exact) mass is 249 g/mol. The lowest BCUT2D eigenvalue weighted by molar-refractivity contribution is 0.0563. The molecule has 2 aromatic rings.